The van der Waals surface area contributed by atoms with Crippen molar-refractivity contribution in [3.8, 4) is 0 Å². The lowest BCUT2D eigenvalue weighted by Crippen LogP contribution is -2.23. The second kappa shape index (κ2) is 12.8. The Morgan fingerprint density at radius 1 is 0.442 bits per heavy atom. The molecule has 3 heterocycles. The van der Waals surface area contributed by atoms with E-state index in [-0.39, 0.29) is 17.5 Å². The summed E-state index contributed by atoms with van der Waals surface area (Å²) in [5.74, 6) is -0.867. The predicted molar refractivity (Wildman–Crippen MR) is 150 cm³/mol. The summed E-state index contributed by atoms with van der Waals surface area (Å²) in [4.78, 5) is 2.10. The molecule has 13 heteroatoms. The molecule has 0 unspecified atom stereocenters. The van der Waals surface area contributed by atoms with Crippen molar-refractivity contribution in [3.63, 3.8) is 0 Å². The van der Waals surface area contributed by atoms with Gasteiger partial charge in [-0.15, -0.1) is 15.3 Å². The molecule has 3 aromatic carbocycles. The van der Waals surface area contributed by atoms with Gasteiger partial charge in [-0.05, 0) is 53.1 Å². The molecule has 3 aromatic heterocycles. The lowest BCUT2D eigenvalue weighted by molar-refractivity contribution is 0.238. The fourth-order valence-corrected chi connectivity index (χ4v) is 4.65. The maximum atomic E-state index is 13.3. The third-order valence-electron chi connectivity index (χ3n) is 6.69. The van der Waals surface area contributed by atoms with Gasteiger partial charge in [-0.2, -0.15) is 0 Å². The van der Waals surface area contributed by atoms with Gasteiger partial charge in [-0.1, -0.05) is 52.0 Å². The molecule has 0 aliphatic carbocycles. The third-order valence-corrected chi connectivity index (χ3v) is 6.69. The molecule has 0 N–H and O–H groups in total. The van der Waals surface area contributed by atoms with Crippen LogP contribution < -0.4 is 0 Å². The Labute approximate surface area is 245 Å². The summed E-state index contributed by atoms with van der Waals surface area (Å²) < 4.78 is 45.0. The van der Waals surface area contributed by atoms with E-state index in [1.807, 2.05) is 18.6 Å². The fourth-order valence-electron chi connectivity index (χ4n) is 4.65. The van der Waals surface area contributed by atoms with Crippen LogP contribution in [0.3, 0.4) is 0 Å². The molecule has 6 rings (SSSR count). The van der Waals surface area contributed by atoms with E-state index in [0.29, 0.717) is 39.3 Å². The molecule has 0 aliphatic heterocycles. The van der Waals surface area contributed by atoms with Crippen molar-refractivity contribution >= 4 is 0 Å². The van der Waals surface area contributed by atoms with Crippen LogP contribution in [-0.2, 0) is 39.3 Å². The first-order valence-electron chi connectivity index (χ1n) is 13.6. The molecule has 0 amide bonds. The van der Waals surface area contributed by atoms with Gasteiger partial charge in [-0.3, -0.25) is 4.90 Å². The topological polar surface area (TPSA) is 95.4 Å². The lowest BCUT2D eigenvalue weighted by Gasteiger charge is -2.18. The van der Waals surface area contributed by atoms with Crippen LogP contribution in [0, 0.1) is 17.5 Å². The Bertz CT molecular complexity index is 1550. The normalized spacial score (nSPS) is 11.4. The average Bonchev–Trinajstić information content (AvgIpc) is 3.75. The molecular formula is C30H27F3N10. The number of rotatable bonds is 12. The fraction of sp³-hybridized carbons (Fsp3) is 0.200. The maximum absolute atomic E-state index is 13.3. The van der Waals surface area contributed by atoms with E-state index in [0.717, 1.165) is 33.8 Å². The number of benzene rings is 3. The summed E-state index contributed by atoms with van der Waals surface area (Å²) in [6.07, 6.45) is 5.56. The largest absolute Gasteiger partial charge is 0.285 e. The molecule has 0 aliphatic rings. The highest BCUT2D eigenvalue weighted by Crippen LogP contribution is 2.13. The molecule has 0 radical (unpaired) electrons. The first kappa shape index (κ1) is 28.0. The summed E-state index contributed by atoms with van der Waals surface area (Å²) in [5.41, 5.74) is 4.93. The number of hydrogen-bond donors (Lipinski definition) is 0. The van der Waals surface area contributed by atoms with Crippen LogP contribution >= 0.6 is 0 Å². The van der Waals surface area contributed by atoms with E-state index in [2.05, 4.69) is 35.8 Å². The highest BCUT2D eigenvalue weighted by atomic mass is 19.1. The highest BCUT2D eigenvalue weighted by molar-refractivity contribution is 5.18. The van der Waals surface area contributed by atoms with Gasteiger partial charge in [0, 0.05) is 19.6 Å². The van der Waals surface area contributed by atoms with E-state index >= 15 is 0 Å². The number of hydrogen-bond acceptors (Lipinski definition) is 7. The molecule has 0 atom stereocenters. The van der Waals surface area contributed by atoms with Gasteiger partial charge in [0.05, 0.1) is 55.3 Å². The molecule has 43 heavy (non-hydrogen) atoms. The van der Waals surface area contributed by atoms with E-state index in [4.69, 9.17) is 0 Å². The van der Waals surface area contributed by atoms with E-state index in [1.165, 1.54) is 36.4 Å². The van der Waals surface area contributed by atoms with Crippen LogP contribution in [0.5, 0.6) is 0 Å². The monoisotopic (exact) mass is 584 g/mol. The zero-order valence-electron chi connectivity index (χ0n) is 23.0. The average molecular weight is 585 g/mol. The van der Waals surface area contributed by atoms with Crippen molar-refractivity contribution in [1.82, 2.24) is 49.9 Å². The summed E-state index contributed by atoms with van der Waals surface area (Å²) >= 11 is 0. The Morgan fingerprint density at radius 3 is 1.00 bits per heavy atom. The minimum atomic E-state index is -0.289. The first-order valence-corrected chi connectivity index (χ1v) is 13.6. The third kappa shape index (κ3) is 7.77. The van der Waals surface area contributed by atoms with Crippen molar-refractivity contribution in [2.24, 2.45) is 0 Å². The van der Waals surface area contributed by atoms with Crippen LogP contribution in [0.25, 0.3) is 0 Å². The van der Waals surface area contributed by atoms with Gasteiger partial charge in [-0.25, -0.2) is 27.2 Å². The Kier molecular flexibility index (Phi) is 8.31. The van der Waals surface area contributed by atoms with Crippen molar-refractivity contribution < 1.29 is 13.2 Å². The number of nitrogens with zero attached hydrogens (tertiary/aromatic N) is 10. The second-order valence-corrected chi connectivity index (χ2v) is 10.2. The van der Waals surface area contributed by atoms with Gasteiger partial charge in [0.25, 0.3) is 0 Å². The molecule has 0 spiro atoms. The van der Waals surface area contributed by atoms with E-state index in [9.17, 15) is 13.2 Å². The number of aromatic nitrogens is 9. The lowest BCUT2D eigenvalue weighted by atomic mass is 10.2. The van der Waals surface area contributed by atoms with Crippen LogP contribution in [0.4, 0.5) is 13.2 Å². The van der Waals surface area contributed by atoms with Crippen molar-refractivity contribution in [1.29, 1.82) is 0 Å². The Balaban J connectivity index is 1.16. The zero-order chi connectivity index (χ0) is 29.6. The second-order valence-electron chi connectivity index (χ2n) is 10.2. The highest BCUT2D eigenvalue weighted by Gasteiger charge is 2.16. The standard InChI is InChI=1S/C30H27F3N10/c31-25-7-1-22(2-8-25)13-41-19-28(34-37-41)16-40(17-29-20-42(38-35-29)14-23-3-9-26(32)10-4-23)18-30-21-43(39-36-30)15-24-5-11-27(33)12-6-24/h1-12,19-21H,13-18H2. The SMILES string of the molecule is Fc1ccc(Cn2cc(CN(Cc3cn(Cc4ccc(F)cc4)nn3)Cc3cn(Cc4ccc(F)cc4)nn3)nn2)cc1. The van der Waals surface area contributed by atoms with Crippen LogP contribution in [0.1, 0.15) is 33.8 Å². The summed E-state index contributed by atoms with van der Waals surface area (Å²) in [7, 11) is 0. The Morgan fingerprint density at radius 2 is 0.721 bits per heavy atom. The molecule has 0 saturated heterocycles. The van der Waals surface area contributed by atoms with Crippen molar-refractivity contribution in [2.45, 2.75) is 39.3 Å². The molecule has 10 nitrogen and oxygen atoms in total. The van der Waals surface area contributed by atoms with E-state index < -0.39 is 0 Å². The minimum absolute atomic E-state index is 0.289. The summed E-state index contributed by atoms with van der Waals surface area (Å²) in [6, 6.07) is 18.8. The van der Waals surface area contributed by atoms with Crippen LogP contribution in [0.2, 0.25) is 0 Å². The first-order chi connectivity index (χ1) is 20.9. The van der Waals surface area contributed by atoms with Crippen LogP contribution in [-0.4, -0.2) is 49.9 Å². The van der Waals surface area contributed by atoms with Gasteiger partial charge >= 0.3 is 0 Å². The molecule has 218 valence electrons. The molecular weight excluding hydrogens is 557 g/mol. The molecule has 6 aromatic rings. The van der Waals surface area contributed by atoms with Gasteiger partial charge in [0.1, 0.15) is 17.5 Å². The quantitative estimate of drug-likeness (QED) is 0.213. The van der Waals surface area contributed by atoms with Crippen molar-refractivity contribution in [3.05, 3.63) is 143 Å². The maximum Gasteiger partial charge on any atom is 0.123 e. The Hall–Kier alpha value is -5.17. The van der Waals surface area contributed by atoms with Gasteiger partial charge in [0.2, 0.25) is 0 Å². The minimum Gasteiger partial charge on any atom is -0.285 e. The van der Waals surface area contributed by atoms with E-state index in [1.54, 1.807) is 50.4 Å². The smallest absolute Gasteiger partial charge is 0.123 e. The summed E-state index contributed by atoms with van der Waals surface area (Å²) in [6.45, 7) is 2.71. The molecule has 0 bridgehead atoms. The van der Waals surface area contributed by atoms with Gasteiger partial charge < -0.3 is 0 Å². The molecule has 0 fully saturated rings. The predicted octanol–water partition coefficient (Wildman–Crippen LogP) is 4.23. The molecule has 0 saturated carbocycles. The van der Waals surface area contributed by atoms with Crippen molar-refractivity contribution in [2.75, 3.05) is 0 Å². The summed E-state index contributed by atoms with van der Waals surface area (Å²) in [5, 5.41) is 25.8. The zero-order valence-corrected chi connectivity index (χ0v) is 23.0. The number of halogens is 3. The van der Waals surface area contributed by atoms with Crippen LogP contribution in [0.15, 0.2) is 91.4 Å². The van der Waals surface area contributed by atoms with Gasteiger partial charge in [0.15, 0.2) is 0 Å².